The summed E-state index contributed by atoms with van der Waals surface area (Å²) in [5, 5.41) is 13.0. The highest BCUT2D eigenvalue weighted by atomic mass is 35.5. The third-order valence-corrected chi connectivity index (χ3v) is 2.67. The van der Waals surface area contributed by atoms with Crippen molar-refractivity contribution in [2.75, 3.05) is 5.32 Å². The summed E-state index contributed by atoms with van der Waals surface area (Å²) in [4.78, 5) is 21.5. The maximum atomic E-state index is 11.8. The second kappa shape index (κ2) is 5.53. The number of furan rings is 1. The molecule has 0 unspecified atom stereocenters. The first-order valence-electron chi connectivity index (χ1n) is 5.30. The number of rotatable bonds is 4. The standard InChI is InChI=1S/C12H9ClN2O4/c13-7-8-1-3-9(4-2-8)14-12(16)10-5-6-11(19-10)15(17)18/h1-6H,7H2,(H,14,16). The van der Waals surface area contributed by atoms with E-state index in [0.29, 0.717) is 11.6 Å². The monoisotopic (exact) mass is 280 g/mol. The van der Waals surface area contributed by atoms with Gasteiger partial charge in [-0.2, -0.15) is 0 Å². The van der Waals surface area contributed by atoms with E-state index in [-0.39, 0.29) is 5.76 Å². The largest absolute Gasteiger partial charge is 0.433 e. The number of alkyl halides is 1. The molecule has 0 atom stereocenters. The maximum Gasteiger partial charge on any atom is 0.433 e. The SMILES string of the molecule is O=C(Nc1ccc(CCl)cc1)c1ccc([N+](=O)[O-])o1. The number of halogens is 1. The Kier molecular flexibility index (Phi) is 3.82. The Morgan fingerprint density at radius 2 is 1.95 bits per heavy atom. The van der Waals surface area contributed by atoms with Crippen LogP contribution in [0.5, 0.6) is 0 Å². The van der Waals surface area contributed by atoms with E-state index in [1.165, 1.54) is 6.07 Å². The third kappa shape index (κ3) is 3.11. The Morgan fingerprint density at radius 3 is 2.47 bits per heavy atom. The summed E-state index contributed by atoms with van der Waals surface area (Å²) >= 11 is 5.65. The number of hydrogen-bond acceptors (Lipinski definition) is 4. The number of anilines is 1. The molecular formula is C12H9ClN2O4. The van der Waals surface area contributed by atoms with Gasteiger partial charge in [0.25, 0.3) is 5.91 Å². The highest BCUT2D eigenvalue weighted by molar-refractivity contribution is 6.17. The zero-order valence-electron chi connectivity index (χ0n) is 9.63. The Hall–Kier alpha value is -2.34. The number of benzene rings is 1. The Labute approximate surface area is 113 Å². The van der Waals surface area contributed by atoms with Gasteiger partial charge in [-0.3, -0.25) is 14.9 Å². The smallest absolute Gasteiger partial charge is 0.395 e. The van der Waals surface area contributed by atoms with Crippen LogP contribution in [0.2, 0.25) is 0 Å². The molecule has 1 N–H and O–H groups in total. The quantitative estimate of drug-likeness (QED) is 0.529. The van der Waals surface area contributed by atoms with Gasteiger partial charge in [-0.05, 0) is 23.8 Å². The molecule has 7 heteroatoms. The molecule has 0 fully saturated rings. The summed E-state index contributed by atoms with van der Waals surface area (Å²) in [5.74, 6) is -0.749. The van der Waals surface area contributed by atoms with Gasteiger partial charge in [0.15, 0.2) is 5.76 Å². The number of carbonyl (C=O) groups is 1. The molecule has 0 bridgehead atoms. The Balaban J connectivity index is 2.08. The van der Waals surface area contributed by atoms with Crippen LogP contribution in [-0.4, -0.2) is 10.8 Å². The van der Waals surface area contributed by atoms with E-state index < -0.39 is 16.7 Å². The van der Waals surface area contributed by atoms with Crippen LogP contribution in [0.15, 0.2) is 40.8 Å². The lowest BCUT2D eigenvalue weighted by atomic mass is 10.2. The minimum Gasteiger partial charge on any atom is -0.395 e. The fourth-order valence-electron chi connectivity index (χ4n) is 1.42. The fraction of sp³-hybridized carbons (Fsp3) is 0.0833. The van der Waals surface area contributed by atoms with Gasteiger partial charge in [-0.25, -0.2) is 0 Å². The van der Waals surface area contributed by atoms with Crippen LogP contribution in [0.3, 0.4) is 0 Å². The highest BCUT2D eigenvalue weighted by Gasteiger charge is 2.17. The molecule has 19 heavy (non-hydrogen) atoms. The molecule has 2 aromatic rings. The van der Waals surface area contributed by atoms with Crippen molar-refractivity contribution in [2.24, 2.45) is 0 Å². The predicted octanol–water partition coefficient (Wildman–Crippen LogP) is 3.18. The van der Waals surface area contributed by atoms with Crippen LogP contribution >= 0.6 is 11.6 Å². The van der Waals surface area contributed by atoms with Crippen LogP contribution in [0.1, 0.15) is 16.1 Å². The van der Waals surface area contributed by atoms with Gasteiger partial charge in [-0.15, -0.1) is 11.6 Å². The van der Waals surface area contributed by atoms with Gasteiger partial charge in [-0.1, -0.05) is 12.1 Å². The molecule has 6 nitrogen and oxygen atoms in total. The van der Waals surface area contributed by atoms with Gasteiger partial charge >= 0.3 is 5.88 Å². The van der Waals surface area contributed by atoms with Crippen LogP contribution in [0.4, 0.5) is 11.6 Å². The first-order valence-corrected chi connectivity index (χ1v) is 5.84. The average Bonchev–Trinajstić information content (AvgIpc) is 2.89. The van der Waals surface area contributed by atoms with E-state index in [1.807, 2.05) is 0 Å². The van der Waals surface area contributed by atoms with Gasteiger partial charge in [0.05, 0.1) is 6.07 Å². The second-order valence-corrected chi connectivity index (χ2v) is 3.95. The number of hydrogen-bond donors (Lipinski definition) is 1. The van der Waals surface area contributed by atoms with Gasteiger partial charge < -0.3 is 9.73 Å². The van der Waals surface area contributed by atoms with Crippen molar-refractivity contribution in [1.29, 1.82) is 0 Å². The molecule has 0 spiro atoms. The van der Waals surface area contributed by atoms with Crippen molar-refractivity contribution in [1.82, 2.24) is 0 Å². The number of amides is 1. The summed E-state index contributed by atoms with van der Waals surface area (Å²) in [6.45, 7) is 0. The van der Waals surface area contributed by atoms with Crippen LogP contribution in [-0.2, 0) is 5.88 Å². The van der Waals surface area contributed by atoms with Gasteiger partial charge in [0.1, 0.15) is 4.92 Å². The van der Waals surface area contributed by atoms with E-state index in [1.54, 1.807) is 24.3 Å². The Bertz CT molecular complexity index is 606. The fourth-order valence-corrected chi connectivity index (χ4v) is 1.60. The first kappa shape index (κ1) is 13.1. The first-order chi connectivity index (χ1) is 9.10. The predicted molar refractivity (Wildman–Crippen MR) is 69.3 cm³/mol. The van der Waals surface area contributed by atoms with Crippen LogP contribution in [0.25, 0.3) is 0 Å². The van der Waals surface area contributed by atoms with E-state index >= 15 is 0 Å². The average molecular weight is 281 g/mol. The minimum absolute atomic E-state index is 0.117. The molecule has 0 aliphatic heterocycles. The molecule has 0 saturated heterocycles. The molecule has 2 rings (SSSR count). The van der Waals surface area contributed by atoms with Crippen molar-refractivity contribution in [2.45, 2.75) is 5.88 Å². The molecule has 0 aliphatic rings. The van der Waals surface area contributed by atoms with Crippen molar-refractivity contribution in [3.05, 3.63) is 57.8 Å². The Morgan fingerprint density at radius 1 is 1.26 bits per heavy atom. The zero-order chi connectivity index (χ0) is 13.8. The molecule has 0 aliphatic carbocycles. The highest BCUT2D eigenvalue weighted by Crippen LogP contribution is 2.17. The molecular weight excluding hydrogens is 272 g/mol. The lowest BCUT2D eigenvalue weighted by molar-refractivity contribution is -0.402. The third-order valence-electron chi connectivity index (χ3n) is 2.36. The van der Waals surface area contributed by atoms with E-state index in [2.05, 4.69) is 5.32 Å². The molecule has 0 saturated carbocycles. The summed E-state index contributed by atoms with van der Waals surface area (Å²) in [6.07, 6.45) is 0. The topological polar surface area (TPSA) is 85.4 Å². The molecule has 1 heterocycles. The molecule has 0 radical (unpaired) electrons. The summed E-state index contributed by atoms with van der Waals surface area (Å²) in [7, 11) is 0. The maximum absolute atomic E-state index is 11.8. The lowest BCUT2D eigenvalue weighted by Gasteiger charge is -2.03. The summed E-state index contributed by atoms with van der Waals surface area (Å²) < 4.78 is 4.79. The lowest BCUT2D eigenvalue weighted by Crippen LogP contribution is -2.10. The second-order valence-electron chi connectivity index (χ2n) is 3.68. The van der Waals surface area contributed by atoms with Gasteiger partial charge in [0, 0.05) is 11.6 Å². The van der Waals surface area contributed by atoms with Crippen molar-refractivity contribution < 1.29 is 14.1 Å². The zero-order valence-corrected chi connectivity index (χ0v) is 10.4. The number of nitrogens with zero attached hydrogens (tertiary/aromatic N) is 1. The number of nitrogens with one attached hydrogen (secondary N) is 1. The van der Waals surface area contributed by atoms with Gasteiger partial charge in [0.2, 0.25) is 0 Å². The van der Waals surface area contributed by atoms with Crippen molar-refractivity contribution >= 4 is 29.1 Å². The number of carbonyl (C=O) groups excluding carboxylic acids is 1. The minimum atomic E-state index is -0.702. The van der Waals surface area contributed by atoms with Crippen LogP contribution < -0.4 is 5.32 Å². The van der Waals surface area contributed by atoms with Crippen molar-refractivity contribution in [3.63, 3.8) is 0 Å². The van der Waals surface area contributed by atoms with Crippen LogP contribution in [0, 0.1) is 10.1 Å². The normalized spacial score (nSPS) is 10.2. The van der Waals surface area contributed by atoms with E-state index in [4.69, 9.17) is 16.0 Å². The summed E-state index contributed by atoms with van der Waals surface area (Å²) in [5.41, 5.74) is 1.48. The van der Waals surface area contributed by atoms with E-state index in [9.17, 15) is 14.9 Å². The molecule has 1 amide bonds. The van der Waals surface area contributed by atoms with Crippen molar-refractivity contribution in [3.8, 4) is 0 Å². The molecule has 98 valence electrons. The number of nitro groups is 1. The molecule has 1 aromatic carbocycles. The van der Waals surface area contributed by atoms with E-state index in [0.717, 1.165) is 11.6 Å². The molecule has 1 aromatic heterocycles. The summed E-state index contributed by atoms with van der Waals surface area (Å²) in [6, 6.07) is 9.30.